The van der Waals surface area contributed by atoms with Crippen LogP contribution in [0.2, 0.25) is 0 Å². The Kier molecular flexibility index (Phi) is 3.52. The normalized spacial score (nSPS) is 10.3. The summed E-state index contributed by atoms with van der Waals surface area (Å²) in [5.41, 5.74) is 0.971. The van der Waals surface area contributed by atoms with Gasteiger partial charge in [-0.3, -0.25) is 10.1 Å². The molecule has 2 aromatic heterocycles. The maximum atomic E-state index is 10.5. The Morgan fingerprint density at radius 1 is 1.44 bits per heavy atom. The molecule has 2 heterocycles. The van der Waals surface area contributed by atoms with Crippen LogP contribution in [0.15, 0.2) is 18.3 Å². The fraction of sp³-hybridized carbons (Fsp3) is 0.273. The van der Waals surface area contributed by atoms with E-state index >= 15 is 0 Å². The van der Waals surface area contributed by atoms with E-state index in [1.54, 1.807) is 17.4 Å². The van der Waals surface area contributed by atoms with Gasteiger partial charge in [-0.15, -0.1) is 11.3 Å². The van der Waals surface area contributed by atoms with Crippen molar-refractivity contribution in [1.82, 2.24) is 9.97 Å². The Bertz CT molecular complexity index is 565. The third kappa shape index (κ3) is 2.80. The Morgan fingerprint density at radius 2 is 2.22 bits per heavy atom. The first-order valence-electron chi connectivity index (χ1n) is 5.33. The summed E-state index contributed by atoms with van der Waals surface area (Å²) < 4.78 is 0. The smallest absolute Gasteiger partial charge is 0.287 e. The number of aromatic nitrogens is 2. The molecule has 0 radical (unpaired) electrons. The molecule has 0 bridgehead atoms. The van der Waals surface area contributed by atoms with Gasteiger partial charge in [0.2, 0.25) is 0 Å². The van der Waals surface area contributed by atoms with Gasteiger partial charge >= 0.3 is 0 Å². The van der Waals surface area contributed by atoms with Crippen LogP contribution in [-0.4, -0.2) is 14.9 Å². The summed E-state index contributed by atoms with van der Waals surface area (Å²) in [6.07, 6.45) is 1.24. The predicted molar refractivity (Wildman–Crippen MR) is 69.8 cm³/mol. The van der Waals surface area contributed by atoms with Crippen molar-refractivity contribution in [2.24, 2.45) is 0 Å². The molecule has 0 spiro atoms. The van der Waals surface area contributed by atoms with E-state index in [-0.39, 0.29) is 5.69 Å². The topological polar surface area (TPSA) is 81.0 Å². The van der Waals surface area contributed by atoms with Crippen molar-refractivity contribution < 1.29 is 4.92 Å². The van der Waals surface area contributed by atoms with Crippen molar-refractivity contribution in [1.29, 1.82) is 0 Å². The number of aryl methyl sites for hydroxylation is 2. The van der Waals surface area contributed by atoms with Gasteiger partial charge in [-0.2, -0.15) is 0 Å². The fourth-order valence-electron chi connectivity index (χ4n) is 1.51. The van der Waals surface area contributed by atoms with Gasteiger partial charge in [0, 0.05) is 10.9 Å². The summed E-state index contributed by atoms with van der Waals surface area (Å²) in [5.74, 6) is 0.602. The van der Waals surface area contributed by atoms with E-state index in [4.69, 9.17) is 0 Å². The second-order valence-corrected chi connectivity index (χ2v) is 5.16. The molecule has 0 amide bonds. The van der Waals surface area contributed by atoms with E-state index in [0.29, 0.717) is 12.4 Å². The summed E-state index contributed by atoms with van der Waals surface area (Å²) in [6, 6.07) is 3.02. The first kappa shape index (κ1) is 12.4. The summed E-state index contributed by atoms with van der Waals surface area (Å²) in [4.78, 5) is 19.5. The molecular formula is C11H12N4O2S. The molecular weight excluding hydrogens is 252 g/mol. The lowest BCUT2D eigenvalue weighted by Gasteiger charge is -2.03. The van der Waals surface area contributed by atoms with E-state index in [9.17, 15) is 10.1 Å². The van der Waals surface area contributed by atoms with Gasteiger partial charge in [0.05, 0.1) is 22.2 Å². The number of rotatable bonds is 4. The fourth-order valence-corrected chi connectivity index (χ4v) is 2.34. The van der Waals surface area contributed by atoms with Crippen molar-refractivity contribution in [3.63, 3.8) is 0 Å². The largest absolute Gasteiger partial charge is 0.364 e. The minimum atomic E-state index is -0.468. The zero-order valence-electron chi connectivity index (χ0n) is 10.0. The quantitative estimate of drug-likeness (QED) is 0.678. The second kappa shape index (κ2) is 5.09. The minimum absolute atomic E-state index is 0.0127. The van der Waals surface area contributed by atoms with Crippen molar-refractivity contribution in [2.75, 3.05) is 5.32 Å². The van der Waals surface area contributed by atoms with Gasteiger partial charge in [0.15, 0.2) is 0 Å². The van der Waals surface area contributed by atoms with E-state index in [2.05, 4.69) is 15.3 Å². The number of thiazole rings is 1. The lowest BCUT2D eigenvalue weighted by molar-refractivity contribution is -0.385. The second-order valence-electron chi connectivity index (χ2n) is 3.75. The number of hydrogen-bond acceptors (Lipinski definition) is 6. The molecule has 7 heteroatoms. The molecule has 0 aliphatic heterocycles. The van der Waals surface area contributed by atoms with Crippen LogP contribution in [0, 0.1) is 24.0 Å². The lowest BCUT2D eigenvalue weighted by atomic mass is 10.3. The van der Waals surface area contributed by atoms with Gasteiger partial charge in [-0.1, -0.05) is 0 Å². The predicted octanol–water partition coefficient (Wildman–Crippen LogP) is 2.68. The molecule has 0 saturated carbocycles. The number of nitro groups is 1. The summed E-state index contributed by atoms with van der Waals surface area (Å²) >= 11 is 1.65. The van der Waals surface area contributed by atoms with Crippen LogP contribution in [0.25, 0.3) is 0 Å². The van der Waals surface area contributed by atoms with Crippen LogP contribution in [0.1, 0.15) is 15.6 Å². The molecule has 1 N–H and O–H groups in total. The maximum Gasteiger partial charge on any atom is 0.287 e. The van der Waals surface area contributed by atoms with Crippen molar-refractivity contribution >= 4 is 22.8 Å². The molecule has 0 aliphatic rings. The third-order valence-corrected chi connectivity index (χ3v) is 3.32. The highest BCUT2D eigenvalue weighted by Gasteiger charge is 2.07. The molecule has 0 unspecified atom stereocenters. The third-order valence-electron chi connectivity index (χ3n) is 2.40. The minimum Gasteiger partial charge on any atom is -0.364 e. The van der Waals surface area contributed by atoms with Gasteiger partial charge in [0.1, 0.15) is 12.0 Å². The highest BCUT2D eigenvalue weighted by molar-refractivity contribution is 7.11. The highest BCUT2D eigenvalue weighted by Crippen LogP contribution is 2.18. The van der Waals surface area contributed by atoms with Crippen molar-refractivity contribution in [3.8, 4) is 0 Å². The Balaban J connectivity index is 2.02. The standard InChI is InChI=1S/C11H12N4O2S/c1-7-10(14-8(2)18-7)6-13-11-4-3-9(5-12-11)15(16)17/h3-5H,6H2,1-2H3,(H,12,13). The van der Waals surface area contributed by atoms with Gasteiger partial charge in [0.25, 0.3) is 5.69 Å². The molecule has 0 aliphatic carbocycles. The van der Waals surface area contributed by atoms with E-state index in [1.807, 2.05) is 13.8 Å². The Morgan fingerprint density at radius 3 is 2.72 bits per heavy atom. The summed E-state index contributed by atoms with van der Waals surface area (Å²) in [6.45, 7) is 4.55. The van der Waals surface area contributed by atoms with Gasteiger partial charge in [-0.25, -0.2) is 9.97 Å². The number of nitrogens with zero attached hydrogens (tertiary/aromatic N) is 3. The van der Waals surface area contributed by atoms with E-state index < -0.39 is 4.92 Å². The zero-order valence-corrected chi connectivity index (χ0v) is 10.8. The highest BCUT2D eigenvalue weighted by atomic mass is 32.1. The number of hydrogen-bond donors (Lipinski definition) is 1. The molecule has 0 atom stereocenters. The van der Waals surface area contributed by atoms with Crippen LogP contribution in [0.3, 0.4) is 0 Å². The van der Waals surface area contributed by atoms with Crippen LogP contribution in [0.4, 0.5) is 11.5 Å². The lowest BCUT2D eigenvalue weighted by Crippen LogP contribution is -2.03. The van der Waals surface area contributed by atoms with Gasteiger partial charge in [-0.05, 0) is 19.9 Å². The van der Waals surface area contributed by atoms with Crippen LogP contribution in [-0.2, 0) is 6.54 Å². The van der Waals surface area contributed by atoms with Gasteiger partial charge < -0.3 is 5.32 Å². The molecule has 0 fully saturated rings. The molecule has 0 saturated heterocycles. The molecule has 2 aromatic rings. The average Bonchev–Trinajstić information content (AvgIpc) is 2.66. The van der Waals surface area contributed by atoms with Crippen molar-refractivity contribution in [2.45, 2.75) is 20.4 Å². The summed E-state index contributed by atoms with van der Waals surface area (Å²) in [5, 5.41) is 14.6. The Labute approximate surface area is 108 Å². The SMILES string of the molecule is Cc1nc(CNc2ccc([N+](=O)[O-])cn2)c(C)s1. The van der Waals surface area contributed by atoms with E-state index in [0.717, 1.165) is 10.7 Å². The number of pyridine rings is 1. The number of nitrogens with one attached hydrogen (secondary N) is 1. The molecule has 94 valence electrons. The molecule has 0 aromatic carbocycles. The number of anilines is 1. The van der Waals surface area contributed by atoms with E-state index in [1.165, 1.54) is 17.1 Å². The van der Waals surface area contributed by atoms with Crippen molar-refractivity contribution in [3.05, 3.63) is 44.0 Å². The Hall–Kier alpha value is -2.02. The monoisotopic (exact) mass is 264 g/mol. The molecule has 6 nitrogen and oxygen atoms in total. The van der Waals surface area contributed by atoms with Crippen LogP contribution < -0.4 is 5.32 Å². The summed E-state index contributed by atoms with van der Waals surface area (Å²) in [7, 11) is 0. The van der Waals surface area contributed by atoms with Crippen LogP contribution in [0.5, 0.6) is 0 Å². The molecule has 2 rings (SSSR count). The zero-order chi connectivity index (χ0) is 13.1. The first-order valence-corrected chi connectivity index (χ1v) is 6.15. The maximum absolute atomic E-state index is 10.5. The van der Waals surface area contributed by atoms with Crippen LogP contribution >= 0.6 is 11.3 Å². The first-order chi connectivity index (χ1) is 8.56. The molecule has 18 heavy (non-hydrogen) atoms. The average molecular weight is 264 g/mol.